The number of aromatic nitrogens is 1. The molecule has 0 amide bonds. The second kappa shape index (κ2) is 5.51. The van der Waals surface area contributed by atoms with Crippen LogP contribution in [0.15, 0.2) is 34.2 Å². The van der Waals surface area contributed by atoms with Crippen molar-refractivity contribution in [3.8, 4) is 0 Å². The monoisotopic (exact) mass is 311 g/mol. The Bertz CT molecular complexity index is 498. The maximum atomic E-state index is 4.21. The molecule has 90 valence electrons. The highest BCUT2D eigenvalue weighted by atomic mass is 79.9. The van der Waals surface area contributed by atoms with Crippen molar-refractivity contribution in [3.63, 3.8) is 0 Å². The highest BCUT2D eigenvalue weighted by Gasteiger charge is 2.05. The van der Waals surface area contributed by atoms with Crippen LogP contribution in [-0.4, -0.2) is 19.1 Å². The molecule has 0 aliphatic rings. The van der Waals surface area contributed by atoms with Crippen LogP contribution in [0.1, 0.15) is 4.88 Å². The first kappa shape index (κ1) is 12.4. The first-order valence-corrected chi connectivity index (χ1v) is 6.94. The van der Waals surface area contributed by atoms with Crippen molar-refractivity contribution in [1.82, 2.24) is 4.98 Å². The zero-order valence-electron chi connectivity index (χ0n) is 9.77. The highest BCUT2D eigenvalue weighted by Crippen LogP contribution is 2.23. The number of thiophene rings is 1. The molecule has 0 aliphatic heterocycles. The van der Waals surface area contributed by atoms with Gasteiger partial charge in [-0.2, -0.15) is 0 Å². The Kier molecular flexibility index (Phi) is 4.02. The van der Waals surface area contributed by atoms with E-state index >= 15 is 0 Å². The Hall–Kier alpha value is -1.07. The van der Waals surface area contributed by atoms with Crippen molar-refractivity contribution in [1.29, 1.82) is 0 Å². The van der Waals surface area contributed by atoms with E-state index in [2.05, 4.69) is 49.6 Å². The third-order valence-electron chi connectivity index (χ3n) is 2.46. The van der Waals surface area contributed by atoms with Gasteiger partial charge in [0.25, 0.3) is 0 Å². The van der Waals surface area contributed by atoms with Crippen LogP contribution in [0, 0.1) is 0 Å². The number of pyridine rings is 1. The van der Waals surface area contributed by atoms with Gasteiger partial charge >= 0.3 is 0 Å². The van der Waals surface area contributed by atoms with Gasteiger partial charge in [-0.3, -0.25) is 0 Å². The van der Waals surface area contributed by atoms with Crippen LogP contribution < -0.4 is 10.2 Å². The summed E-state index contributed by atoms with van der Waals surface area (Å²) in [6, 6.07) is 6.22. The zero-order valence-corrected chi connectivity index (χ0v) is 12.2. The molecule has 1 N–H and O–H groups in total. The van der Waals surface area contributed by atoms with Crippen molar-refractivity contribution in [2.75, 3.05) is 24.3 Å². The Morgan fingerprint density at radius 2 is 2.29 bits per heavy atom. The molecular weight excluding hydrogens is 298 g/mol. The van der Waals surface area contributed by atoms with Crippen LogP contribution in [0.3, 0.4) is 0 Å². The molecule has 2 rings (SSSR count). The van der Waals surface area contributed by atoms with Gasteiger partial charge in [-0.1, -0.05) is 0 Å². The minimum atomic E-state index is 0.890. The van der Waals surface area contributed by atoms with E-state index in [4.69, 9.17) is 0 Å². The molecule has 0 saturated carbocycles. The number of rotatable bonds is 4. The average molecular weight is 312 g/mol. The molecule has 0 radical (unpaired) electrons. The predicted octanol–water partition coefficient (Wildman–Crippen LogP) is 3.58. The van der Waals surface area contributed by atoms with Crippen molar-refractivity contribution in [2.45, 2.75) is 6.54 Å². The van der Waals surface area contributed by atoms with E-state index in [9.17, 15) is 0 Å². The van der Waals surface area contributed by atoms with E-state index in [1.807, 2.05) is 25.4 Å². The number of hydrogen-bond donors (Lipinski definition) is 1. The molecule has 0 bridgehead atoms. The van der Waals surface area contributed by atoms with Crippen molar-refractivity contribution < 1.29 is 0 Å². The molecule has 17 heavy (non-hydrogen) atoms. The quantitative estimate of drug-likeness (QED) is 0.935. The van der Waals surface area contributed by atoms with Crippen LogP contribution in [-0.2, 0) is 6.54 Å². The number of hydrogen-bond acceptors (Lipinski definition) is 4. The SMILES string of the molecule is CNc1cc(N(C)Cc2cc(Br)cs2)ccn1. The summed E-state index contributed by atoms with van der Waals surface area (Å²) < 4.78 is 1.15. The van der Waals surface area contributed by atoms with Gasteiger partial charge < -0.3 is 10.2 Å². The van der Waals surface area contributed by atoms with Gasteiger partial charge in [0.15, 0.2) is 0 Å². The van der Waals surface area contributed by atoms with Crippen LogP contribution in [0.5, 0.6) is 0 Å². The predicted molar refractivity (Wildman–Crippen MR) is 77.9 cm³/mol. The van der Waals surface area contributed by atoms with Gasteiger partial charge in [-0.05, 0) is 28.1 Å². The summed E-state index contributed by atoms with van der Waals surface area (Å²) in [5, 5.41) is 5.15. The van der Waals surface area contributed by atoms with Gasteiger partial charge in [-0.25, -0.2) is 4.98 Å². The zero-order chi connectivity index (χ0) is 12.3. The lowest BCUT2D eigenvalue weighted by Crippen LogP contribution is -2.15. The molecule has 0 fully saturated rings. The molecule has 2 heterocycles. The largest absolute Gasteiger partial charge is 0.373 e. The fourth-order valence-corrected chi connectivity index (χ4v) is 3.06. The Morgan fingerprint density at radius 1 is 1.47 bits per heavy atom. The summed E-state index contributed by atoms with van der Waals surface area (Å²) >= 11 is 5.24. The summed E-state index contributed by atoms with van der Waals surface area (Å²) in [6.45, 7) is 0.906. The molecule has 5 heteroatoms. The Balaban J connectivity index is 2.11. The first-order valence-electron chi connectivity index (χ1n) is 5.27. The lowest BCUT2D eigenvalue weighted by atomic mass is 10.3. The van der Waals surface area contributed by atoms with Crippen LogP contribution >= 0.6 is 27.3 Å². The third-order valence-corrected chi connectivity index (χ3v) is 4.14. The lowest BCUT2D eigenvalue weighted by Gasteiger charge is -2.18. The molecule has 0 atom stereocenters. The molecule has 0 spiro atoms. The van der Waals surface area contributed by atoms with Gasteiger partial charge in [0.05, 0.1) is 6.54 Å². The minimum Gasteiger partial charge on any atom is -0.373 e. The smallest absolute Gasteiger partial charge is 0.127 e. The molecule has 2 aromatic rings. The van der Waals surface area contributed by atoms with Gasteiger partial charge in [0, 0.05) is 46.8 Å². The first-order chi connectivity index (χ1) is 8.19. The lowest BCUT2D eigenvalue weighted by molar-refractivity contribution is 0.937. The fourth-order valence-electron chi connectivity index (χ4n) is 1.56. The molecule has 0 saturated heterocycles. The summed E-state index contributed by atoms with van der Waals surface area (Å²) in [7, 11) is 3.96. The number of nitrogens with zero attached hydrogens (tertiary/aromatic N) is 2. The van der Waals surface area contributed by atoms with E-state index in [0.717, 1.165) is 22.5 Å². The van der Waals surface area contributed by atoms with Crippen molar-refractivity contribution in [2.24, 2.45) is 0 Å². The van der Waals surface area contributed by atoms with Crippen LogP contribution in [0.2, 0.25) is 0 Å². The normalized spacial score (nSPS) is 10.3. The summed E-state index contributed by atoms with van der Waals surface area (Å²) in [4.78, 5) is 7.75. The Morgan fingerprint density at radius 3 is 2.94 bits per heavy atom. The van der Waals surface area contributed by atoms with E-state index in [1.54, 1.807) is 11.3 Å². The van der Waals surface area contributed by atoms with Crippen molar-refractivity contribution in [3.05, 3.63) is 39.1 Å². The molecule has 2 aromatic heterocycles. The van der Waals surface area contributed by atoms with Gasteiger partial charge in [-0.15, -0.1) is 11.3 Å². The van der Waals surface area contributed by atoms with Crippen molar-refractivity contribution >= 4 is 38.8 Å². The summed E-state index contributed by atoms with van der Waals surface area (Å²) in [5.41, 5.74) is 1.16. The van der Waals surface area contributed by atoms with E-state index in [1.165, 1.54) is 4.88 Å². The molecule has 0 unspecified atom stereocenters. The molecule has 0 aliphatic carbocycles. The summed E-state index contributed by atoms with van der Waals surface area (Å²) in [5.74, 6) is 0.890. The fraction of sp³-hybridized carbons (Fsp3) is 0.250. The average Bonchev–Trinajstić information content (AvgIpc) is 2.75. The standard InChI is InChI=1S/C12H14BrN3S/c1-14-12-6-10(3-4-15-12)16(2)7-11-5-9(13)8-17-11/h3-6,8H,7H2,1-2H3,(H,14,15). The maximum absolute atomic E-state index is 4.21. The maximum Gasteiger partial charge on any atom is 0.127 e. The number of nitrogens with one attached hydrogen (secondary N) is 1. The summed E-state index contributed by atoms with van der Waals surface area (Å²) in [6.07, 6.45) is 1.82. The second-order valence-corrected chi connectivity index (χ2v) is 5.65. The van der Waals surface area contributed by atoms with Crippen LogP contribution in [0.4, 0.5) is 11.5 Å². The van der Waals surface area contributed by atoms with Crippen LogP contribution in [0.25, 0.3) is 0 Å². The van der Waals surface area contributed by atoms with Gasteiger partial charge in [0.2, 0.25) is 0 Å². The number of anilines is 2. The highest BCUT2D eigenvalue weighted by molar-refractivity contribution is 9.10. The van der Waals surface area contributed by atoms with E-state index in [0.29, 0.717) is 0 Å². The van der Waals surface area contributed by atoms with E-state index < -0.39 is 0 Å². The Labute approximate surface area is 114 Å². The molecule has 0 aromatic carbocycles. The second-order valence-electron chi connectivity index (χ2n) is 3.74. The number of halogens is 1. The minimum absolute atomic E-state index is 0.890. The molecule has 3 nitrogen and oxygen atoms in total. The molecular formula is C12H14BrN3S. The van der Waals surface area contributed by atoms with E-state index in [-0.39, 0.29) is 0 Å². The van der Waals surface area contributed by atoms with Gasteiger partial charge in [0.1, 0.15) is 5.82 Å². The topological polar surface area (TPSA) is 28.2 Å². The third kappa shape index (κ3) is 3.20.